The molecule has 12 rings (SSSR count). The normalized spacial score (nSPS) is 32.5. The Balaban J connectivity index is 0.919. The Morgan fingerprint density at radius 2 is 0.736 bits per heavy atom. The van der Waals surface area contributed by atoms with Crippen LogP contribution in [-0.4, -0.2) is 190 Å². The Bertz CT molecular complexity index is 3780. The lowest BCUT2D eigenvalue weighted by atomic mass is 9.94. The zero-order valence-corrected chi connectivity index (χ0v) is 63.4. The zero-order chi connectivity index (χ0) is 76.7. The van der Waals surface area contributed by atoms with Gasteiger partial charge in [-0.05, 0) is 79.5 Å². The highest BCUT2D eigenvalue weighted by Crippen LogP contribution is 2.41. The van der Waals surface area contributed by atoms with Crippen LogP contribution in [0.1, 0.15) is 86.4 Å². The number of allylic oxidation sites excluding steroid dienone is 1. The van der Waals surface area contributed by atoms with E-state index < -0.39 is 159 Å². The topological polar surface area (TPSA) is 262 Å². The second kappa shape index (κ2) is 41.6. The van der Waals surface area contributed by atoms with Crippen LogP contribution in [0.15, 0.2) is 225 Å². The van der Waals surface area contributed by atoms with Crippen LogP contribution in [-0.2, 0) is 136 Å². The summed E-state index contributed by atoms with van der Waals surface area (Å²) in [6, 6.07) is 66.0. The minimum Gasteiger partial charge on any atom is -0.385 e. The van der Waals surface area contributed by atoms with E-state index in [9.17, 15) is 15.0 Å². The van der Waals surface area contributed by atoms with E-state index in [1.165, 1.54) is 14.0 Å². The molecule has 592 valence electrons. The maximum Gasteiger partial charge on any atom is 0.217 e. The second-order valence-corrected chi connectivity index (χ2v) is 28.6. The molecule has 1 unspecified atom stereocenters. The fourth-order valence-corrected chi connectivity index (χ4v) is 14.6. The summed E-state index contributed by atoms with van der Waals surface area (Å²) in [6.07, 6.45) is -23.4. The smallest absolute Gasteiger partial charge is 0.217 e. The van der Waals surface area contributed by atoms with Crippen molar-refractivity contribution in [2.24, 2.45) is 5.73 Å². The molecule has 0 bridgehead atoms. The molecule has 0 aromatic heterocycles. The average molecular weight is 1520 g/mol. The molecule has 0 saturated carbocycles. The van der Waals surface area contributed by atoms with Crippen LogP contribution in [0.3, 0.4) is 0 Å². The molecule has 1 amide bonds. The van der Waals surface area contributed by atoms with E-state index in [0.717, 1.165) is 38.9 Å². The van der Waals surface area contributed by atoms with Gasteiger partial charge in [0.2, 0.25) is 5.91 Å². The molecule has 23 nitrogen and oxygen atoms in total. The van der Waals surface area contributed by atoms with E-state index in [-0.39, 0.29) is 59.5 Å². The number of nitrogens with two attached hydrogens (primary N) is 1. The third kappa shape index (κ3) is 22.2. The van der Waals surface area contributed by atoms with E-state index in [1.807, 2.05) is 232 Å². The first-order valence-corrected chi connectivity index (χ1v) is 38.3. The molecule has 25 atom stereocenters. The number of methoxy groups -OCH3 is 1. The maximum absolute atomic E-state index is 13.8. The van der Waals surface area contributed by atoms with Crippen LogP contribution in [0.2, 0.25) is 0 Å². The van der Waals surface area contributed by atoms with Gasteiger partial charge >= 0.3 is 0 Å². The second-order valence-electron chi connectivity index (χ2n) is 28.6. The van der Waals surface area contributed by atoms with Crippen molar-refractivity contribution in [1.29, 1.82) is 0 Å². The lowest BCUT2D eigenvalue weighted by Crippen LogP contribution is -2.69. The quantitative estimate of drug-likeness (QED) is 0.0208. The predicted molar refractivity (Wildman–Crippen MR) is 405 cm³/mol. The molecule has 0 spiro atoms. The number of aliphatic hydroxyl groups excluding tert-OH is 2. The van der Waals surface area contributed by atoms with Gasteiger partial charge in [-0.1, -0.05) is 218 Å². The molecule has 5 fully saturated rings. The van der Waals surface area contributed by atoms with Crippen molar-refractivity contribution in [2.45, 2.75) is 247 Å². The van der Waals surface area contributed by atoms with Crippen molar-refractivity contribution >= 4 is 5.91 Å². The number of amides is 1. The Morgan fingerprint density at radius 3 is 1.15 bits per heavy atom. The summed E-state index contributed by atoms with van der Waals surface area (Å²) >= 11 is 0. The fraction of sp³-hybridized carbons (Fsp3) is 0.483. The molecular formula is C87H108N2O21. The minimum absolute atomic E-state index is 0.00450. The Labute approximate surface area is 645 Å². The summed E-state index contributed by atoms with van der Waals surface area (Å²) in [4.78, 5) is 13.8. The van der Waals surface area contributed by atoms with Crippen molar-refractivity contribution in [2.75, 3.05) is 20.3 Å². The number of nitrogens with one attached hydrogen (secondary N) is 1. The van der Waals surface area contributed by atoms with Crippen molar-refractivity contribution < 1.29 is 100 Å². The van der Waals surface area contributed by atoms with Crippen LogP contribution >= 0.6 is 0 Å². The number of unbranched alkanes of at least 4 members (excludes halogenated alkanes) is 1. The molecule has 110 heavy (non-hydrogen) atoms. The lowest BCUT2D eigenvalue weighted by molar-refractivity contribution is -0.400. The standard InChI is InChI=1S/C87H108N2O21/c1-8-9-31-46-95-83-69(89-59(6)90)77(75(99-51-64-40-25-14-26-41-64)67(106-83)54-94-47-60-32-17-10-18-33-60)107-87-82(80(101-53-66-44-29-16-30-45-66)74(58(5)105-87)98-50-63-38-23-13-24-39-63)110-85-70(91)78(72(56(3)104-85)96-48-61-34-19-11-20-35-61)108-84-71(92)79(73(57(4)103-84)97-49-62-36-21-12-22-37-62)109-86-81(93-7)76(68(88)55(2)102-86)100-52-65-42-27-15-28-43-65/h8,10-30,32-45,55-58,67-87,91-92H,1,9,31,46-54,88H2,2-7H3,(H,89,90)/t55-,56+,57+,58+,67-,68-,69-,70-,71-,72+,73+,74+,75+,76+,77-,78+,79+,80-,81-,82-,83?,84+,85+,86+,87+/m1/s1. The summed E-state index contributed by atoms with van der Waals surface area (Å²) in [5.74, 6) is -0.410. The Hall–Kier alpha value is -7.09. The number of carbonyl (C=O) groups is 1. The number of rotatable bonds is 37. The highest BCUT2D eigenvalue weighted by molar-refractivity contribution is 5.73. The molecule has 5 aliphatic rings. The summed E-state index contributed by atoms with van der Waals surface area (Å²) in [6.45, 7) is 13.8. The molecular weight excluding hydrogens is 1410 g/mol. The van der Waals surface area contributed by atoms with E-state index in [2.05, 4.69) is 11.9 Å². The van der Waals surface area contributed by atoms with Crippen LogP contribution in [0.4, 0.5) is 0 Å². The molecule has 7 aromatic rings. The third-order valence-corrected chi connectivity index (χ3v) is 20.5. The molecule has 23 heteroatoms. The number of benzene rings is 7. The van der Waals surface area contributed by atoms with E-state index >= 15 is 0 Å². The van der Waals surface area contributed by atoms with Crippen LogP contribution < -0.4 is 11.1 Å². The van der Waals surface area contributed by atoms with Crippen molar-refractivity contribution in [3.8, 4) is 0 Å². The molecule has 5 saturated heterocycles. The van der Waals surface area contributed by atoms with Gasteiger partial charge in [-0.15, -0.1) is 6.58 Å². The van der Waals surface area contributed by atoms with Crippen LogP contribution in [0, 0.1) is 0 Å². The highest BCUT2D eigenvalue weighted by Gasteiger charge is 2.58. The van der Waals surface area contributed by atoms with Gasteiger partial charge in [-0.25, -0.2) is 0 Å². The number of hydrogen-bond donors (Lipinski definition) is 4. The van der Waals surface area contributed by atoms with Crippen molar-refractivity contribution in [3.05, 3.63) is 264 Å². The number of aliphatic hydroxyl groups is 2. The van der Waals surface area contributed by atoms with Crippen molar-refractivity contribution in [1.82, 2.24) is 5.32 Å². The first kappa shape index (κ1) is 82.4. The van der Waals surface area contributed by atoms with Crippen LogP contribution in [0.5, 0.6) is 0 Å². The molecule has 0 radical (unpaired) electrons. The number of hydrogen-bond acceptors (Lipinski definition) is 22. The fourth-order valence-electron chi connectivity index (χ4n) is 14.6. The van der Waals surface area contributed by atoms with Crippen molar-refractivity contribution in [3.63, 3.8) is 0 Å². The highest BCUT2D eigenvalue weighted by atomic mass is 16.8. The number of ether oxygens (including phenoxy) is 18. The van der Waals surface area contributed by atoms with E-state index in [1.54, 1.807) is 13.8 Å². The monoisotopic (exact) mass is 1520 g/mol. The Morgan fingerprint density at radius 1 is 0.400 bits per heavy atom. The van der Waals surface area contributed by atoms with Gasteiger partial charge in [0.15, 0.2) is 31.5 Å². The molecule has 0 aliphatic carbocycles. The van der Waals surface area contributed by atoms with Gasteiger partial charge in [0.25, 0.3) is 0 Å². The lowest BCUT2D eigenvalue weighted by Gasteiger charge is -2.52. The largest absolute Gasteiger partial charge is 0.385 e. The third-order valence-electron chi connectivity index (χ3n) is 20.5. The van der Waals surface area contributed by atoms with Gasteiger partial charge in [-0.3, -0.25) is 4.79 Å². The SMILES string of the molecule is C=CCCCOC1O[C@H](COCc2ccccc2)[C@H](OCc2ccccc2)[C@H](O[C@@H]2O[C@@H](C)[C@H](OCc3ccccc3)[C@@H](OCc3ccccc3)[C@H]2O[C@@H]2O[C@@H](C)[C@H](OCc3ccccc3)[C@@H](O[C@@H]3O[C@@H](C)[C@H](OCc4ccccc4)[C@@H](O[C@@H]4O[C@H](C)[C@@H](N)[C@H](OCc5ccccc5)[C@H]4OC)[C@H]3O)[C@H]2O)[C@H]1NC(C)=O. The summed E-state index contributed by atoms with van der Waals surface area (Å²) in [7, 11) is 1.53. The zero-order valence-electron chi connectivity index (χ0n) is 63.4. The summed E-state index contributed by atoms with van der Waals surface area (Å²) < 4.78 is 124. The van der Waals surface area contributed by atoms with Gasteiger partial charge in [0.1, 0.15) is 91.5 Å². The predicted octanol–water partition coefficient (Wildman–Crippen LogP) is 10.5. The minimum atomic E-state index is -1.77. The maximum atomic E-state index is 13.8. The summed E-state index contributed by atoms with van der Waals surface area (Å²) in [5.41, 5.74) is 13.0. The first-order valence-electron chi connectivity index (χ1n) is 38.3. The van der Waals surface area contributed by atoms with Gasteiger partial charge in [0.05, 0.1) is 89.9 Å². The average Bonchev–Trinajstić information content (AvgIpc) is 0.765. The van der Waals surface area contributed by atoms with Gasteiger partial charge in [-0.2, -0.15) is 0 Å². The van der Waals surface area contributed by atoms with Crippen LogP contribution in [0.25, 0.3) is 0 Å². The van der Waals surface area contributed by atoms with Gasteiger partial charge in [0, 0.05) is 14.0 Å². The molecule has 5 N–H and O–H groups in total. The first-order chi connectivity index (χ1) is 53.7. The van der Waals surface area contributed by atoms with Gasteiger partial charge < -0.3 is 107 Å². The number of carbonyl (C=O) groups excluding carboxylic acids is 1. The molecule has 7 aromatic carbocycles. The molecule has 5 heterocycles. The van der Waals surface area contributed by atoms with E-state index in [0.29, 0.717) is 12.8 Å². The Kier molecular flexibility index (Phi) is 31.2. The molecule has 5 aliphatic heterocycles. The summed E-state index contributed by atoms with van der Waals surface area (Å²) in [5, 5.41) is 29.9. The van der Waals surface area contributed by atoms with E-state index in [4.69, 9.17) is 91.0 Å².